The zero-order chi connectivity index (χ0) is 19.5. The molecule has 0 aliphatic carbocycles. The third-order valence-corrected chi connectivity index (χ3v) is 5.12. The van der Waals surface area contributed by atoms with Gasteiger partial charge in [0.2, 0.25) is 0 Å². The summed E-state index contributed by atoms with van der Waals surface area (Å²) in [7, 11) is 0. The first-order chi connectivity index (χ1) is 14.4. The van der Waals surface area contributed by atoms with E-state index in [0.717, 1.165) is 54.6 Å². The van der Waals surface area contributed by atoms with Crippen LogP contribution < -0.4 is 10.2 Å². The summed E-state index contributed by atoms with van der Waals surface area (Å²) in [5.41, 5.74) is 5.27. The molecule has 4 aromatic rings. The molecule has 0 amide bonds. The molecule has 1 saturated heterocycles. The van der Waals surface area contributed by atoms with Crippen molar-refractivity contribution in [1.82, 2.24) is 19.6 Å². The van der Waals surface area contributed by atoms with Crippen molar-refractivity contribution < 1.29 is 4.74 Å². The number of benzene rings is 1. The van der Waals surface area contributed by atoms with Crippen molar-refractivity contribution in [2.75, 3.05) is 36.5 Å². The van der Waals surface area contributed by atoms with Crippen molar-refractivity contribution >= 4 is 17.2 Å². The maximum atomic E-state index is 5.44. The van der Waals surface area contributed by atoms with E-state index in [9.17, 15) is 0 Å². The van der Waals surface area contributed by atoms with Crippen LogP contribution in [0.2, 0.25) is 0 Å². The van der Waals surface area contributed by atoms with Crippen molar-refractivity contribution in [3.8, 4) is 11.3 Å². The van der Waals surface area contributed by atoms with E-state index in [2.05, 4.69) is 44.5 Å². The van der Waals surface area contributed by atoms with Crippen molar-refractivity contribution in [1.29, 1.82) is 0 Å². The maximum Gasteiger partial charge on any atom is 0.154 e. The van der Waals surface area contributed by atoms with Gasteiger partial charge in [-0.15, -0.1) is 5.10 Å². The fourth-order valence-electron chi connectivity index (χ4n) is 3.52. The second-order valence-electron chi connectivity index (χ2n) is 6.99. The van der Waals surface area contributed by atoms with Gasteiger partial charge in [-0.1, -0.05) is 12.1 Å². The van der Waals surface area contributed by atoms with Crippen LogP contribution in [0, 0.1) is 0 Å². The van der Waals surface area contributed by atoms with Gasteiger partial charge in [0.05, 0.1) is 25.1 Å². The Morgan fingerprint density at radius 2 is 1.72 bits per heavy atom. The zero-order valence-electron chi connectivity index (χ0n) is 16.0. The van der Waals surface area contributed by atoms with Crippen LogP contribution in [0.4, 0.5) is 11.5 Å². The summed E-state index contributed by atoms with van der Waals surface area (Å²) >= 11 is 0. The number of ether oxygens (including phenoxy) is 1. The van der Waals surface area contributed by atoms with Crippen molar-refractivity contribution in [2.24, 2.45) is 0 Å². The molecule has 0 atom stereocenters. The van der Waals surface area contributed by atoms with E-state index in [1.165, 1.54) is 5.69 Å². The Hall–Kier alpha value is -3.45. The van der Waals surface area contributed by atoms with Crippen LogP contribution in [0.15, 0.2) is 67.1 Å². The summed E-state index contributed by atoms with van der Waals surface area (Å²) in [4.78, 5) is 10.9. The van der Waals surface area contributed by atoms with Gasteiger partial charge in [0.1, 0.15) is 5.82 Å². The summed E-state index contributed by atoms with van der Waals surface area (Å²) in [6, 6.07) is 16.5. The molecule has 0 spiro atoms. The van der Waals surface area contributed by atoms with E-state index in [1.807, 2.05) is 35.0 Å². The van der Waals surface area contributed by atoms with Gasteiger partial charge >= 0.3 is 0 Å². The Kier molecular flexibility index (Phi) is 4.80. The van der Waals surface area contributed by atoms with E-state index >= 15 is 0 Å². The number of aromatic nitrogens is 4. The smallest absolute Gasteiger partial charge is 0.154 e. The van der Waals surface area contributed by atoms with Crippen LogP contribution in [0.1, 0.15) is 5.56 Å². The van der Waals surface area contributed by atoms with E-state index in [0.29, 0.717) is 6.54 Å². The standard InChI is InChI=1S/C22H22N6O/c1-3-19(27-11-13-29-14-12-27)4-2-18(1)20-16-25-22-6-5-21(26-28(20)22)24-15-17-7-9-23-10-8-17/h1-10,16H,11-15H2,(H,24,26). The third kappa shape index (κ3) is 3.77. The summed E-state index contributed by atoms with van der Waals surface area (Å²) in [6.07, 6.45) is 5.46. The average Bonchev–Trinajstić information content (AvgIpc) is 3.22. The molecule has 7 nitrogen and oxygen atoms in total. The topological polar surface area (TPSA) is 67.6 Å². The van der Waals surface area contributed by atoms with Crippen LogP contribution in [0.5, 0.6) is 0 Å². The highest BCUT2D eigenvalue weighted by atomic mass is 16.5. The lowest BCUT2D eigenvalue weighted by Gasteiger charge is -2.28. The Balaban J connectivity index is 1.38. The van der Waals surface area contributed by atoms with E-state index in [1.54, 1.807) is 12.4 Å². The van der Waals surface area contributed by atoms with Crippen LogP contribution in [0.3, 0.4) is 0 Å². The molecule has 1 aromatic carbocycles. The number of fused-ring (bicyclic) bond motifs is 1. The minimum atomic E-state index is 0.694. The number of pyridine rings is 1. The minimum Gasteiger partial charge on any atom is -0.378 e. The number of hydrogen-bond acceptors (Lipinski definition) is 6. The summed E-state index contributed by atoms with van der Waals surface area (Å²) in [6.45, 7) is 4.13. The molecule has 0 saturated carbocycles. The first-order valence-corrected chi connectivity index (χ1v) is 9.77. The number of morpholine rings is 1. The predicted molar refractivity (Wildman–Crippen MR) is 113 cm³/mol. The predicted octanol–water partition coefficient (Wildman–Crippen LogP) is 3.24. The quantitative estimate of drug-likeness (QED) is 0.568. The summed E-state index contributed by atoms with van der Waals surface area (Å²) in [5.74, 6) is 0.804. The third-order valence-electron chi connectivity index (χ3n) is 5.12. The van der Waals surface area contributed by atoms with Gasteiger partial charge in [-0.25, -0.2) is 9.50 Å². The lowest BCUT2D eigenvalue weighted by Crippen LogP contribution is -2.36. The number of imidazole rings is 1. The largest absolute Gasteiger partial charge is 0.378 e. The molecule has 1 aliphatic rings. The minimum absolute atomic E-state index is 0.694. The van der Waals surface area contributed by atoms with Gasteiger partial charge in [0, 0.05) is 43.3 Å². The Bertz CT molecular complexity index is 1090. The van der Waals surface area contributed by atoms with Gasteiger partial charge in [0.25, 0.3) is 0 Å². The lowest BCUT2D eigenvalue weighted by atomic mass is 10.1. The van der Waals surface area contributed by atoms with Crippen molar-refractivity contribution in [2.45, 2.75) is 6.54 Å². The van der Waals surface area contributed by atoms with E-state index < -0.39 is 0 Å². The molecule has 146 valence electrons. The molecule has 0 radical (unpaired) electrons. The molecule has 3 aromatic heterocycles. The molecule has 1 aliphatic heterocycles. The molecule has 4 heterocycles. The number of nitrogens with one attached hydrogen (secondary N) is 1. The fourth-order valence-corrected chi connectivity index (χ4v) is 3.52. The van der Waals surface area contributed by atoms with Crippen LogP contribution in [0.25, 0.3) is 16.9 Å². The van der Waals surface area contributed by atoms with E-state index in [-0.39, 0.29) is 0 Å². The first-order valence-electron chi connectivity index (χ1n) is 9.77. The zero-order valence-corrected chi connectivity index (χ0v) is 16.0. The van der Waals surface area contributed by atoms with Crippen molar-refractivity contribution in [3.05, 3.63) is 72.7 Å². The first kappa shape index (κ1) is 17.6. The van der Waals surface area contributed by atoms with Gasteiger partial charge in [0.15, 0.2) is 5.65 Å². The Morgan fingerprint density at radius 1 is 0.931 bits per heavy atom. The average molecular weight is 386 g/mol. The number of nitrogens with zero attached hydrogens (tertiary/aromatic N) is 5. The molecule has 5 rings (SSSR count). The second-order valence-corrected chi connectivity index (χ2v) is 6.99. The van der Waals surface area contributed by atoms with Gasteiger partial charge in [-0.2, -0.15) is 0 Å². The maximum absolute atomic E-state index is 5.44. The normalized spacial score (nSPS) is 14.3. The molecular formula is C22H22N6O. The molecule has 0 bridgehead atoms. The van der Waals surface area contributed by atoms with Gasteiger partial charge < -0.3 is 15.0 Å². The molecular weight excluding hydrogens is 364 g/mol. The van der Waals surface area contributed by atoms with Gasteiger partial charge in [-0.3, -0.25) is 4.98 Å². The highest BCUT2D eigenvalue weighted by Gasteiger charge is 2.12. The van der Waals surface area contributed by atoms with E-state index in [4.69, 9.17) is 9.84 Å². The number of hydrogen-bond donors (Lipinski definition) is 1. The van der Waals surface area contributed by atoms with Crippen LogP contribution in [-0.2, 0) is 11.3 Å². The molecule has 29 heavy (non-hydrogen) atoms. The number of rotatable bonds is 5. The highest BCUT2D eigenvalue weighted by Crippen LogP contribution is 2.24. The number of anilines is 2. The van der Waals surface area contributed by atoms with Crippen molar-refractivity contribution in [3.63, 3.8) is 0 Å². The monoisotopic (exact) mass is 386 g/mol. The van der Waals surface area contributed by atoms with Crippen LogP contribution in [-0.4, -0.2) is 45.9 Å². The van der Waals surface area contributed by atoms with Crippen LogP contribution >= 0.6 is 0 Å². The SMILES string of the molecule is c1cc(CNc2ccc3ncc(-c4ccc(N5CCOCC5)cc4)n3n2)ccn1. The Morgan fingerprint density at radius 3 is 2.52 bits per heavy atom. The lowest BCUT2D eigenvalue weighted by molar-refractivity contribution is 0.122. The van der Waals surface area contributed by atoms with Gasteiger partial charge in [-0.05, 0) is 42.0 Å². The molecule has 7 heteroatoms. The molecule has 0 unspecified atom stereocenters. The fraction of sp³-hybridized carbons (Fsp3) is 0.227. The summed E-state index contributed by atoms with van der Waals surface area (Å²) in [5, 5.41) is 8.11. The molecule has 1 N–H and O–H groups in total. The second kappa shape index (κ2) is 7.89. The Labute approximate surface area is 169 Å². The highest BCUT2D eigenvalue weighted by molar-refractivity contribution is 5.66. The summed E-state index contributed by atoms with van der Waals surface area (Å²) < 4.78 is 7.33. The molecule has 1 fully saturated rings.